The molecule has 2 amide bonds. The van der Waals surface area contributed by atoms with Crippen molar-refractivity contribution >= 4 is 11.8 Å². The molecule has 1 aliphatic rings. The maximum Gasteiger partial charge on any atom is 0.255 e. The molecule has 0 aliphatic carbocycles. The molecule has 2 rings (SSSR count). The van der Waals surface area contributed by atoms with E-state index in [1.54, 1.807) is 24.3 Å². The quantitative estimate of drug-likeness (QED) is 0.813. The molecular weight excluding hydrogens is 272 g/mol. The third-order valence-electron chi connectivity index (χ3n) is 3.38. The molecule has 0 aromatic heterocycles. The Hall–Kier alpha value is -2.08. The van der Waals surface area contributed by atoms with E-state index in [9.17, 15) is 9.59 Å². The SMILES string of the molecule is C[C@@H](NC(=O)c1ccccc1OCC(N)=O)[C@@H]1CCCO1. The first-order valence-electron chi connectivity index (χ1n) is 7.00. The number of carbonyl (C=O) groups is 2. The molecule has 1 aromatic carbocycles. The Kier molecular flexibility index (Phi) is 5.16. The second-order valence-corrected chi connectivity index (χ2v) is 5.06. The molecule has 6 nitrogen and oxygen atoms in total. The number of carbonyl (C=O) groups excluding carboxylic acids is 2. The first-order chi connectivity index (χ1) is 10.1. The number of amides is 2. The molecule has 1 aliphatic heterocycles. The van der Waals surface area contributed by atoms with E-state index in [0.717, 1.165) is 19.4 Å². The third-order valence-corrected chi connectivity index (χ3v) is 3.38. The Morgan fingerprint density at radius 2 is 2.24 bits per heavy atom. The van der Waals surface area contributed by atoms with E-state index >= 15 is 0 Å². The summed E-state index contributed by atoms with van der Waals surface area (Å²) < 4.78 is 10.8. The van der Waals surface area contributed by atoms with Crippen LogP contribution in [-0.4, -0.2) is 37.2 Å². The van der Waals surface area contributed by atoms with Crippen LogP contribution in [0.3, 0.4) is 0 Å². The first kappa shape index (κ1) is 15.3. The summed E-state index contributed by atoms with van der Waals surface area (Å²) in [5.74, 6) is -0.496. The van der Waals surface area contributed by atoms with Gasteiger partial charge in [-0.05, 0) is 31.9 Å². The molecule has 0 unspecified atom stereocenters. The predicted octanol–water partition coefficient (Wildman–Crippen LogP) is 0.848. The summed E-state index contributed by atoms with van der Waals surface area (Å²) in [7, 11) is 0. The van der Waals surface area contributed by atoms with Crippen LogP contribution in [0.15, 0.2) is 24.3 Å². The van der Waals surface area contributed by atoms with E-state index in [2.05, 4.69) is 5.32 Å². The number of hydrogen-bond donors (Lipinski definition) is 2. The van der Waals surface area contributed by atoms with Gasteiger partial charge < -0.3 is 20.5 Å². The molecule has 0 spiro atoms. The lowest BCUT2D eigenvalue weighted by Crippen LogP contribution is -2.41. The second kappa shape index (κ2) is 7.08. The van der Waals surface area contributed by atoms with Gasteiger partial charge in [0.2, 0.25) is 0 Å². The monoisotopic (exact) mass is 292 g/mol. The lowest BCUT2D eigenvalue weighted by atomic mass is 10.1. The molecule has 2 atom stereocenters. The molecule has 114 valence electrons. The van der Waals surface area contributed by atoms with Gasteiger partial charge in [0.25, 0.3) is 11.8 Å². The zero-order valence-corrected chi connectivity index (χ0v) is 12.0. The topological polar surface area (TPSA) is 90.6 Å². The van der Waals surface area contributed by atoms with E-state index in [1.807, 2.05) is 6.92 Å². The molecule has 3 N–H and O–H groups in total. The van der Waals surface area contributed by atoms with Crippen LogP contribution in [0, 0.1) is 0 Å². The maximum atomic E-state index is 12.3. The number of rotatable bonds is 6. The molecule has 0 bridgehead atoms. The van der Waals surface area contributed by atoms with E-state index < -0.39 is 5.91 Å². The number of para-hydroxylation sites is 1. The van der Waals surface area contributed by atoms with Crippen LogP contribution in [0.2, 0.25) is 0 Å². The van der Waals surface area contributed by atoms with Gasteiger partial charge in [-0.2, -0.15) is 0 Å². The number of nitrogens with one attached hydrogen (secondary N) is 1. The van der Waals surface area contributed by atoms with E-state index in [4.69, 9.17) is 15.2 Å². The zero-order valence-electron chi connectivity index (χ0n) is 12.0. The van der Waals surface area contributed by atoms with Crippen molar-refractivity contribution in [3.8, 4) is 5.75 Å². The number of benzene rings is 1. The van der Waals surface area contributed by atoms with Crippen LogP contribution in [0.5, 0.6) is 5.75 Å². The van der Waals surface area contributed by atoms with Gasteiger partial charge in [-0.1, -0.05) is 12.1 Å². The van der Waals surface area contributed by atoms with Gasteiger partial charge in [0.1, 0.15) is 5.75 Å². The molecule has 1 aromatic rings. The van der Waals surface area contributed by atoms with Crippen LogP contribution in [-0.2, 0) is 9.53 Å². The molecule has 1 heterocycles. The molecule has 1 fully saturated rings. The van der Waals surface area contributed by atoms with Crippen LogP contribution >= 0.6 is 0 Å². The Bertz CT molecular complexity index is 512. The molecule has 21 heavy (non-hydrogen) atoms. The summed E-state index contributed by atoms with van der Waals surface area (Å²) in [6, 6.07) is 6.67. The van der Waals surface area contributed by atoms with Gasteiger partial charge >= 0.3 is 0 Å². The fraction of sp³-hybridized carbons (Fsp3) is 0.467. The smallest absolute Gasteiger partial charge is 0.255 e. The Morgan fingerprint density at radius 1 is 1.48 bits per heavy atom. The van der Waals surface area contributed by atoms with E-state index in [1.165, 1.54) is 0 Å². The highest BCUT2D eigenvalue weighted by atomic mass is 16.5. The molecule has 1 saturated heterocycles. The van der Waals surface area contributed by atoms with Crippen LogP contribution < -0.4 is 15.8 Å². The minimum atomic E-state index is -0.585. The third kappa shape index (κ3) is 4.19. The highest BCUT2D eigenvalue weighted by Crippen LogP contribution is 2.20. The lowest BCUT2D eigenvalue weighted by molar-refractivity contribution is -0.119. The highest BCUT2D eigenvalue weighted by Gasteiger charge is 2.24. The minimum absolute atomic E-state index is 0.0488. The van der Waals surface area contributed by atoms with Crippen molar-refractivity contribution in [2.75, 3.05) is 13.2 Å². The van der Waals surface area contributed by atoms with Crippen molar-refractivity contribution in [3.05, 3.63) is 29.8 Å². The summed E-state index contributed by atoms with van der Waals surface area (Å²) in [4.78, 5) is 23.1. The normalized spacial score (nSPS) is 19.0. The van der Waals surface area contributed by atoms with Gasteiger partial charge in [0.05, 0.1) is 17.7 Å². The van der Waals surface area contributed by atoms with Gasteiger partial charge in [0.15, 0.2) is 6.61 Å². The second-order valence-electron chi connectivity index (χ2n) is 5.06. The van der Waals surface area contributed by atoms with Crippen molar-refractivity contribution in [3.63, 3.8) is 0 Å². The molecule has 6 heteroatoms. The molecular formula is C15H20N2O4. The summed E-state index contributed by atoms with van der Waals surface area (Å²) in [5, 5.41) is 2.91. The van der Waals surface area contributed by atoms with E-state index in [0.29, 0.717) is 11.3 Å². The highest BCUT2D eigenvalue weighted by molar-refractivity contribution is 5.97. The van der Waals surface area contributed by atoms with Crippen LogP contribution in [0.1, 0.15) is 30.1 Å². The summed E-state index contributed by atoms with van der Waals surface area (Å²) in [6.45, 7) is 2.40. The van der Waals surface area contributed by atoms with Gasteiger partial charge in [0, 0.05) is 6.61 Å². The number of hydrogen-bond acceptors (Lipinski definition) is 4. The molecule has 0 radical (unpaired) electrons. The van der Waals surface area contributed by atoms with Gasteiger partial charge in [-0.15, -0.1) is 0 Å². The number of ether oxygens (including phenoxy) is 2. The van der Waals surface area contributed by atoms with Crippen molar-refractivity contribution in [1.29, 1.82) is 0 Å². The van der Waals surface area contributed by atoms with Crippen molar-refractivity contribution in [2.45, 2.75) is 31.9 Å². The van der Waals surface area contributed by atoms with Crippen molar-refractivity contribution in [2.24, 2.45) is 5.73 Å². The molecule has 0 saturated carbocycles. The van der Waals surface area contributed by atoms with Gasteiger partial charge in [-0.25, -0.2) is 0 Å². The average Bonchev–Trinajstić information content (AvgIpc) is 2.99. The number of primary amides is 1. The fourth-order valence-corrected chi connectivity index (χ4v) is 2.30. The zero-order chi connectivity index (χ0) is 15.2. The van der Waals surface area contributed by atoms with Crippen LogP contribution in [0.4, 0.5) is 0 Å². The van der Waals surface area contributed by atoms with Gasteiger partial charge in [-0.3, -0.25) is 9.59 Å². The summed E-state index contributed by atoms with van der Waals surface area (Å²) >= 11 is 0. The lowest BCUT2D eigenvalue weighted by Gasteiger charge is -2.20. The van der Waals surface area contributed by atoms with E-state index in [-0.39, 0.29) is 24.7 Å². The average molecular weight is 292 g/mol. The Balaban J connectivity index is 2.02. The van der Waals surface area contributed by atoms with Crippen molar-refractivity contribution < 1.29 is 19.1 Å². The first-order valence-corrected chi connectivity index (χ1v) is 7.00. The largest absolute Gasteiger partial charge is 0.483 e. The summed E-state index contributed by atoms with van der Waals surface area (Å²) in [6.07, 6.45) is 2.01. The number of nitrogens with two attached hydrogens (primary N) is 1. The standard InChI is InChI=1S/C15H20N2O4/c1-10(12-7-4-8-20-12)17-15(19)11-5-2-3-6-13(11)21-9-14(16)18/h2-3,5-6,10,12H,4,7-9H2,1H3,(H2,16,18)(H,17,19)/t10-,12+/m1/s1. The summed E-state index contributed by atoms with van der Waals surface area (Å²) in [5.41, 5.74) is 5.43. The van der Waals surface area contributed by atoms with Crippen LogP contribution in [0.25, 0.3) is 0 Å². The fourth-order valence-electron chi connectivity index (χ4n) is 2.30. The maximum absolute atomic E-state index is 12.3. The van der Waals surface area contributed by atoms with Crippen molar-refractivity contribution in [1.82, 2.24) is 5.32 Å². The predicted molar refractivity (Wildman–Crippen MR) is 77.0 cm³/mol. The Morgan fingerprint density at radius 3 is 2.90 bits per heavy atom. The minimum Gasteiger partial charge on any atom is -0.483 e. The Labute approximate surface area is 123 Å².